The van der Waals surface area contributed by atoms with E-state index in [1.807, 2.05) is 24.3 Å². The van der Waals surface area contributed by atoms with Gasteiger partial charge in [0.05, 0.1) is 15.1 Å². The molecule has 0 unspecified atom stereocenters. The van der Waals surface area contributed by atoms with Crippen LogP contribution in [-0.4, -0.2) is 13.4 Å². The van der Waals surface area contributed by atoms with Gasteiger partial charge in [-0.15, -0.1) is 11.3 Å². The highest BCUT2D eigenvalue weighted by Gasteiger charge is 2.18. The van der Waals surface area contributed by atoms with Crippen LogP contribution in [0.5, 0.6) is 0 Å². The molecule has 4 aromatic rings. The van der Waals surface area contributed by atoms with Crippen LogP contribution in [0, 0.1) is 20.8 Å². The Labute approximate surface area is 179 Å². The highest BCUT2D eigenvalue weighted by molar-refractivity contribution is 7.92. The number of hydrogen-bond acceptors (Lipinski definition) is 4. The number of rotatable bonds is 4. The van der Waals surface area contributed by atoms with Crippen molar-refractivity contribution in [2.75, 3.05) is 4.72 Å². The maximum absolute atomic E-state index is 12.8. The average Bonchev–Trinajstić information content (AvgIpc) is 3.08. The van der Waals surface area contributed by atoms with Crippen LogP contribution in [0.2, 0.25) is 5.02 Å². The standard InChI is InChI=1S/C22H19ClN2O2S2/c1-13-4-9-19-20(10-13)28-22(24-19)16-5-7-17(8-6-16)25-29(26,27)21-12-14(2)18(23)11-15(21)3/h4-12,25H,1-3H3. The van der Waals surface area contributed by atoms with Gasteiger partial charge in [0.25, 0.3) is 10.0 Å². The molecule has 0 aliphatic rings. The SMILES string of the molecule is Cc1ccc2nc(-c3ccc(NS(=O)(=O)c4cc(C)c(Cl)cc4C)cc3)sc2c1. The van der Waals surface area contributed by atoms with Crippen LogP contribution in [0.3, 0.4) is 0 Å². The fourth-order valence-corrected chi connectivity index (χ4v) is 5.75. The van der Waals surface area contributed by atoms with Crippen molar-refractivity contribution in [1.82, 2.24) is 4.98 Å². The van der Waals surface area contributed by atoms with Crippen LogP contribution < -0.4 is 4.72 Å². The maximum atomic E-state index is 12.8. The molecule has 0 bridgehead atoms. The Morgan fingerprint density at radius 2 is 1.66 bits per heavy atom. The summed E-state index contributed by atoms with van der Waals surface area (Å²) in [4.78, 5) is 4.90. The topological polar surface area (TPSA) is 59.1 Å². The van der Waals surface area contributed by atoms with E-state index in [1.165, 1.54) is 5.56 Å². The van der Waals surface area contributed by atoms with Gasteiger partial charge < -0.3 is 0 Å². The normalized spacial score (nSPS) is 11.7. The van der Waals surface area contributed by atoms with Crippen LogP contribution in [0.4, 0.5) is 5.69 Å². The van der Waals surface area contributed by atoms with Crippen LogP contribution in [0.25, 0.3) is 20.8 Å². The second kappa shape index (κ2) is 7.44. The lowest BCUT2D eigenvalue weighted by Crippen LogP contribution is -2.14. The predicted octanol–water partition coefficient (Wildman–Crippen LogP) is 6.34. The van der Waals surface area contributed by atoms with Crippen LogP contribution in [0.15, 0.2) is 59.5 Å². The summed E-state index contributed by atoms with van der Waals surface area (Å²) >= 11 is 7.71. The van der Waals surface area contributed by atoms with Crippen molar-refractivity contribution in [3.63, 3.8) is 0 Å². The van der Waals surface area contributed by atoms with E-state index in [4.69, 9.17) is 11.6 Å². The Bertz CT molecular complexity index is 1330. The minimum absolute atomic E-state index is 0.227. The molecule has 1 heterocycles. The number of aryl methyl sites for hydroxylation is 3. The van der Waals surface area contributed by atoms with Crippen LogP contribution >= 0.6 is 22.9 Å². The Hall–Kier alpha value is -2.41. The Kier molecular flexibility index (Phi) is 5.11. The second-order valence-electron chi connectivity index (χ2n) is 7.04. The quantitative estimate of drug-likeness (QED) is 0.401. The Morgan fingerprint density at radius 3 is 2.38 bits per heavy atom. The van der Waals surface area contributed by atoms with E-state index in [0.717, 1.165) is 26.4 Å². The predicted molar refractivity (Wildman–Crippen MR) is 122 cm³/mol. The number of sulfonamides is 1. The molecule has 4 nitrogen and oxygen atoms in total. The first-order chi connectivity index (χ1) is 13.7. The van der Waals surface area contributed by atoms with Gasteiger partial charge in [-0.05, 0) is 86.0 Å². The molecule has 0 atom stereocenters. The second-order valence-corrected chi connectivity index (χ2v) is 10.1. The first kappa shape index (κ1) is 19.9. The van der Waals surface area contributed by atoms with Gasteiger partial charge in [-0.3, -0.25) is 4.72 Å². The third-order valence-corrected chi connectivity index (χ3v) is 7.67. The molecule has 4 rings (SSSR count). The van der Waals surface area contributed by atoms with E-state index < -0.39 is 10.0 Å². The number of fused-ring (bicyclic) bond motifs is 1. The fraction of sp³-hybridized carbons (Fsp3) is 0.136. The summed E-state index contributed by atoms with van der Waals surface area (Å²) in [5, 5.41) is 1.46. The van der Waals surface area contributed by atoms with Gasteiger partial charge in [-0.2, -0.15) is 0 Å². The Balaban J connectivity index is 1.61. The maximum Gasteiger partial charge on any atom is 0.262 e. The smallest absolute Gasteiger partial charge is 0.262 e. The molecule has 7 heteroatoms. The summed E-state index contributed by atoms with van der Waals surface area (Å²) in [5.74, 6) is 0. The van der Waals surface area contributed by atoms with Crippen molar-refractivity contribution >= 4 is 48.9 Å². The largest absolute Gasteiger partial charge is 0.280 e. The van der Waals surface area contributed by atoms with Crippen molar-refractivity contribution in [3.8, 4) is 10.6 Å². The average molecular weight is 443 g/mol. The number of benzene rings is 3. The van der Waals surface area contributed by atoms with Gasteiger partial charge in [0.15, 0.2) is 0 Å². The molecule has 0 spiro atoms. The number of halogens is 1. The zero-order chi connectivity index (χ0) is 20.8. The number of nitrogens with zero attached hydrogens (tertiary/aromatic N) is 1. The molecule has 0 saturated carbocycles. The van der Waals surface area contributed by atoms with E-state index in [9.17, 15) is 8.42 Å². The highest BCUT2D eigenvalue weighted by Crippen LogP contribution is 2.32. The minimum Gasteiger partial charge on any atom is -0.280 e. The number of anilines is 1. The van der Waals surface area contributed by atoms with Crippen molar-refractivity contribution < 1.29 is 8.42 Å². The molecule has 0 radical (unpaired) electrons. The molecule has 0 saturated heterocycles. The Morgan fingerprint density at radius 1 is 0.931 bits per heavy atom. The first-order valence-electron chi connectivity index (χ1n) is 9.00. The van der Waals surface area contributed by atoms with E-state index >= 15 is 0 Å². The van der Waals surface area contributed by atoms with Gasteiger partial charge in [0, 0.05) is 16.3 Å². The van der Waals surface area contributed by atoms with Gasteiger partial charge in [0.2, 0.25) is 0 Å². The summed E-state index contributed by atoms with van der Waals surface area (Å²) < 4.78 is 29.4. The molecule has 0 aliphatic heterocycles. The lowest BCUT2D eigenvalue weighted by atomic mass is 10.2. The summed E-state index contributed by atoms with van der Waals surface area (Å²) in [6.07, 6.45) is 0. The number of aromatic nitrogens is 1. The monoisotopic (exact) mass is 442 g/mol. The van der Waals surface area contributed by atoms with Crippen molar-refractivity contribution in [1.29, 1.82) is 0 Å². The fourth-order valence-electron chi connectivity index (χ4n) is 3.09. The minimum atomic E-state index is -3.71. The van der Waals surface area contributed by atoms with Gasteiger partial charge in [0.1, 0.15) is 5.01 Å². The van der Waals surface area contributed by atoms with Crippen LogP contribution in [0.1, 0.15) is 16.7 Å². The zero-order valence-corrected chi connectivity index (χ0v) is 18.5. The molecule has 148 valence electrons. The zero-order valence-electron chi connectivity index (χ0n) is 16.2. The molecule has 0 aliphatic carbocycles. The summed E-state index contributed by atoms with van der Waals surface area (Å²) in [5.41, 5.74) is 4.94. The van der Waals surface area contributed by atoms with Gasteiger partial charge in [-0.1, -0.05) is 17.7 Å². The molecular weight excluding hydrogens is 424 g/mol. The van der Waals surface area contributed by atoms with Gasteiger partial charge in [-0.25, -0.2) is 13.4 Å². The van der Waals surface area contributed by atoms with E-state index in [2.05, 4.69) is 22.7 Å². The third-order valence-electron chi connectivity index (χ3n) is 4.67. The number of hydrogen-bond donors (Lipinski definition) is 1. The van der Waals surface area contributed by atoms with E-state index in [1.54, 1.807) is 49.4 Å². The summed E-state index contributed by atoms with van der Waals surface area (Å²) in [6.45, 7) is 5.58. The van der Waals surface area contributed by atoms with Crippen molar-refractivity contribution in [2.24, 2.45) is 0 Å². The summed E-state index contributed by atoms with van der Waals surface area (Å²) in [7, 11) is -3.71. The highest BCUT2D eigenvalue weighted by atomic mass is 35.5. The molecule has 1 N–H and O–H groups in total. The summed E-state index contributed by atoms with van der Waals surface area (Å²) in [6, 6.07) is 16.7. The van der Waals surface area contributed by atoms with Gasteiger partial charge >= 0.3 is 0 Å². The number of nitrogens with one attached hydrogen (secondary N) is 1. The number of thiazole rings is 1. The van der Waals surface area contributed by atoms with E-state index in [0.29, 0.717) is 16.3 Å². The third kappa shape index (κ3) is 4.01. The van der Waals surface area contributed by atoms with Crippen LogP contribution in [-0.2, 0) is 10.0 Å². The first-order valence-corrected chi connectivity index (χ1v) is 11.7. The van der Waals surface area contributed by atoms with Crippen molar-refractivity contribution in [2.45, 2.75) is 25.7 Å². The molecule has 0 amide bonds. The van der Waals surface area contributed by atoms with Crippen molar-refractivity contribution in [3.05, 3.63) is 76.3 Å². The van der Waals surface area contributed by atoms with E-state index in [-0.39, 0.29) is 4.90 Å². The lowest BCUT2D eigenvalue weighted by Gasteiger charge is -2.12. The lowest BCUT2D eigenvalue weighted by molar-refractivity contribution is 0.600. The molecule has 0 fully saturated rings. The molecular formula is C22H19ClN2O2S2. The molecule has 3 aromatic carbocycles. The molecule has 29 heavy (non-hydrogen) atoms. The molecule has 1 aromatic heterocycles.